The molecular formula is C15H19F3N2O3. The second-order valence-electron chi connectivity index (χ2n) is 4.71. The topological polar surface area (TPSA) is 59.6 Å². The molecule has 0 aliphatic rings. The molecule has 2 N–H and O–H groups in total. The molecule has 0 saturated carbocycles. The summed E-state index contributed by atoms with van der Waals surface area (Å²) in [6.07, 6.45) is -2.65. The Morgan fingerprint density at radius 2 is 1.96 bits per heavy atom. The maximum absolute atomic E-state index is 12.2. The molecule has 1 rings (SSSR count). The summed E-state index contributed by atoms with van der Waals surface area (Å²) in [5.74, 6) is -0.976. The number of benzene rings is 1. The quantitative estimate of drug-likeness (QED) is 0.567. The SMILES string of the molecule is C=CC[C@@H](Cc1ccc(OC)c(OC)c1)NNC(=O)C(F)(F)F. The van der Waals surface area contributed by atoms with Crippen molar-refractivity contribution in [3.63, 3.8) is 0 Å². The number of nitrogens with one attached hydrogen (secondary N) is 2. The van der Waals surface area contributed by atoms with Gasteiger partial charge in [-0.05, 0) is 30.5 Å². The van der Waals surface area contributed by atoms with Crippen LogP contribution in [0.3, 0.4) is 0 Å². The first-order valence-electron chi connectivity index (χ1n) is 6.76. The van der Waals surface area contributed by atoms with E-state index in [0.717, 1.165) is 5.56 Å². The van der Waals surface area contributed by atoms with E-state index in [9.17, 15) is 18.0 Å². The van der Waals surface area contributed by atoms with Gasteiger partial charge in [0.2, 0.25) is 0 Å². The van der Waals surface area contributed by atoms with Crippen LogP contribution in [-0.4, -0.2) is 32.3 Å². The molecule has 0 spiro atoms. The number of hydrazine groups is 1. The van der Waals surface area contributed by atoms with E-state index in [2.05, 4.69) is 12.0 Å². The number of halogens is 3. The summed E-state index contributed by atoms with van der Waals surface area (Å²) in [4.78, 5) is 10.8. The lowest BCUT2D eigenvalue weighted by Crippen LogP contribution is -2.50. The monoisotopic (exact) mass is 332 g/mol. The third-order valence-electron chi connectivity index (χ3n) is 3.03. The molecule has 0 saturated heterocycles. The summed E-state index contributed by atoms with van der Waals surface area (Å²) in [6.45, 7) is 3.56. The smallest absolute Gasteiger partial charge is 0.472 e. The first-order chi connectivity index (χ1) is 10.8. The highest BCUT2D eigenvalue weighted by Gasteiger charge is 2.38. The average molecular weight is 332 g/mol. The van der Waals surface area contributed by atoms with Gasteiger partial charge < -0.3 is 9.47 Å². The van der Waals surface area contributed by atoms with Gasteiger partial charge in [0.15, 0.2) is 11.5 Å². The van der Waals surface area contributed by atoms with E-state index >= 15 is 0 Å². The second kappa shape index (κ2) is 8.42. The van der Waals surface area contributed by atoms with E-state index in [1.54, 1.807) is 29.7 Å². The zero-order chi connectivity index (χ0) is 17.5. The molecule has 0 bridgehead atoms. The van der Waals surface area contributed by atoms with Crippen LogP contribution < -0.4 is 20.3 Å². The Bertz CT molecular complexity index is 547. The summed E-state index contributed by atoms with van der Waals surface area (Å²) in [7, 11) is 3.00. The van der Waals surface area contributed by atoms with E-state index in [1.165, 1.54) is 14.2 Å². The van der Waals surface area contributed by atoms with Crippen molar-refractivity contribution in [3.8, 4) is 11.5 Å². The largest absolute Gasteiger partial charge is 0.493 e. The lowest BCUT2D eigenvalue weighted by atomic mass is 10.0. The van der Waals surface area contributed by atoms with Gasteiger partial charge in [-0.2, -0.15) is 13.2 Å². The van der Waals surface area contributed by atoms with Crippen molar-refractivity contribution in [1.82, 2.24) is 10.9 Å². The van der Waals surface area contributed by atoms with Crippen LogP contribution in [0.15, 0.2) is 30.9 Å². The molecule has 23 heavy (non-hydrogen) atoms. The Morgan fingerprint density at radius 1 is 1.30 bits per heavy atom. The van der Waals surface area contributed by atoms with Gasteiger partial charge in [-0.1, -0.05) is 12.1 Å². The van der Waals surface area contributed by atoms with Crippen LogP contribution in [0.4, 0.5) is 13.2 Å². The molecule has 128 valence electrons. The summed E-state index contributed by atoms with van der Waals surface area (Å²) in [5, 5.41) is 0. The maximum atomic E-state index is 12.2. The molecule has 1 atom stereocenters. The highest BCUT2D eigenvalue weighted by molar-refractivity contribution is 5.81. The Kier molecular flexibility index (Phi) is 6.89. The van der Waals surface area contributed by atoms with E-state index in [1.807, 2.05) is 0 Å². The minimum atomic E-state index is -4.94. The number of carbonyl (C=O) groups excluding carboxylic acids is 1. The van der Waals surface area contributed by atoms with E-state index in [0.29, 0.717) is 24.3 Å². The summed E-state index contributed by atoms with van der Waals surface area (Å²) in [6, 6.07) is 4.75. The predicted molar refractivity (Wildman–Crippen MR) is 79.2 cm³/mol. The third-order valence-corrected chi connectivity index (χ3v) is 3.03. The molecule has 0 fully saturated rings. The van der Waals surface area contributed by atoms with Crippen molar-refractivity contribution in [2.75, 3.05) is 14.2 Å². The van der Waals surface area contributed by atoms with Crippen molar-refractivity contribution in [2.24, 2.45) is 0 Å². The molecule has 0 unspecified atom stereocenters. The van der Waals surface area contributed by atoms with E-state index < -0.39 is 18.1 Å². The molecule has 0 aliphatic heterocycles. The van der Waals surface area contributed by atoms with Gasteiger partial charge in [0, 0.05) is 6.04 Å². The number of hydrogen-bond donors (Lipinski definition) is 2. The van der Waals surface area contributed by atoms with Gasteiger partial charge in [-0.3, -0.25) is 10.2 Å². The second-order valence-corrected chi connectivity index (χ2v) is 4.71. The third kappa shape index (κ3) is 5.82. The Morgan fingerprint density at radius 3 is 2.48 bits per heavy atom. The van der Waals surface area contributed by atoms with Crippen molar-refractivity contribution >= 4 is 5.91 Å². The van der Waals surface area contributed by atoms with Crippen molar-refractivity contribution in [3.05, 3.63) is 36.4 Å². The normalized spacial score (nSPS) is 12.4. The first kappa shape index (κ1) is 18.8. The van der Waals surface area contributed by atoms with E-state index in [-0.39, 0.29) is 0 Å². The lowest BCUT2D eigenvalue weighted by Gasteiger charge is -2.19. The maximum Gasteiger partial charge on any atom is 0.472 e. The zero-order valence-corrected chi connectivity index (χ0v) is 12.9. The number of ether oxygens (including phenoxy) is 2. The number of alkyl halides is 3. The highest BCUT2D eigenvalue weighted by Crippen LogP contribution is 2.28. The van der Waals surface area contributed by atoms with Crippen LogP contribution in [0.1, 0.15) is 12.0 Å². The molecule has 0 aromatic heterocycles. The predicted octanol–water partition coefficient (Wildman–Crippen LogP) is 2.37. The van der Waals surface area contributed by atoms with Crippen LogP contribution in [0, 0.1) is 0 Å². The van der Waals surface area contributed by atoms with Gasteiger partial charge >= 0.3 is 12.1 Å². The summed E-state index contributed by atoms with van der Waals surface area (Å²) < 4.78 is 46.9. The van der Waals surface area contributed by atoms with Crippen LogP contribution >= 0.6 is 0 Å². The fourth-order valence-electron chi connectivity index (χ4n) is 1.93. The Balaban J connectivity index is 2.76. The van der Waals surface area contributed by atoms with Gasteiger partial charge in [0.05, 0.1) is 14.2 Å². The molecular weight excluding hydrogens is 313 g/mol. The molecule has 1 amide bonds. The van der Waals surface area contributed by atoms with Gasteiger partial charge in [-0.25, -0.2) is 5.43 Å². The first-order valence-corrected chi connectivity index (χ1v) is 6.76. The molecule has 1 aromatic rings. The van der Waals surface area contributed by atoms with Crippen LogP contribution in [0.25, 0.3) is 0 Å². The highest BCUT2D eigenvalue weighted by atomic mass is 19.4. The molecule has 1 aromatic carbocycles. The Hall–Kier alpha value is -2.22. The Labute approximate surface area is 132 Å². The van der Waals surface area contributed by atoms with Crippen molar-refractivity contribution < 1.29 is 27.4 Å². The fraction of sp³-hybridized carbons (Fsp3) is 0.400. The van der Waals surface area contributed by atoms with Crippen LogP contribution in [0.2, 0.25) is 0 Å². The van der Waals surface area contributed by atoms with Crippen molar-refractivity contribution in [1.29, 1.82) is 0 Å². The average Bonchev–Trinajstić information content (AvgIpc) is 2.51. The lowest BCUT2D eigenvalue weighted by molar-refractivity contribution is -0.174. The molecule has 0 radical (unpaired) electrons. The number of methoxy groups -OCH3 is 2. The van der Waals surface area contributed by atoms with Gasteiger partial charge in [0.1, 0.15) is 0 Å². The van der Waals surface area contributed by atoms with Gasteiger partial charge in [0.25, 0.3) is 0 Å². The summed E-state index contributed by atoms with van der Waals surface area (Å²) in [5.41, 5.74) is 4.85. The summed E-state index contributed by atoms with van der Waals surface area (Å²) >= 11 is 0. The zero-order valence-electron chi connectivity index (χ0n) is 12.9. The minimum Gasteiger partial charge on any atom is -0.493 e. The standard InChI is InChI=1S/C15H19F3N2O3/c1-4-5-11(19-20-14(21)15(16,17)18)8-10-6-7-12(22-2)13(9-10)23-3/h4,6-7,9,11,19H,1,5,8H2,2-3H3,(H,20,21)/t11-/m0/s1. The van der Waals surface area contributed by atoms with Crippen molar-refractivity contribution in [2.45, 2.75) is 25.1 Å². The number of hydrogen-bond acceptors (Lipinski definition) is 4. The molecule has 0 aliphatic carbocycles. The molecule has 5 nitrogen and oxygen atoms in total. The van der Waals surface area contributed by atoms with Crippen LogP contribution in [-0.2, 0) is 11.2 Å². The number of amides is 1. The minimum absolute atomic E-state index is 0.366. The number of rotatable bonds is 8. The van der Waals surface area contributed by atoms with E-state index in [4.69, 9.17) is 9.47 Å². The fourth-order valence-corrected chi connectivity index (χ4v) is 1.93. The molecule has 0 heterocycles. The van der Waals surface area contributed by atoms with Gasteiger partial charge in [-0.15, -0.1) is 6.58 Å². The molecule has 8 heteroatoms. The van der Waals surface area contributed by atoms with Crippen LogP contribution in [0.5, 0.6) is 11.5 Å². The number of carbonyl (C=O) groups is 1.